The van der Waals surface area contributed by atoms with Gasteiger partial charge in [-0.2, -0.15) is 0 Å². The smallest absolute Gasteiger partial charge is 0.238 e. The van der Waals surface area contributed by atoms with Crippen LogP contribution in [0, 0.1) is 0 Å². The van der Waals surface area contributed by atoms with Crippen molar-refractivity contribution >= 4 is 5.91 Å². The van der Waals surface area contributed by atoms with Crippen LogP contribution in [0.15, 0.2) is 24.3 Å². The highest BCUT2D eigenvalue weighted by Crippen LogP contribution is 2.32. The molecule has 1 saturated carbocycles. The molecule has 1 fully saturated rings. The molecule has 0 spiro atoms. The van der Waals surface area contributed by atoms with E-state index in [1.54, 1.807) is 0 Å². The number of carbonyl (C=O) groups excluding carboxylic acids is 1. The Hall–Kier alpha value is -1.35. The molecule has 0 heterocycles. The fraction of sp³-hybridized carbons (Fsp3) is 0.533. The Morgan fingerprint density at radius 1 is 1.17 bits per heavy atom. The summed E-state index contributed by atoms with van der Waals surface area (Å²) >= 11 is 0. The summed E-state index contributed by atoms with van der Waals surface area (Å²) in [5, 5.41) is 3.56. The van der Waals surface area contributed by atoms with Crippen LogP contribution in [-0.4, -0.2) is 17.5 Å². The predicted octanol–water partition coefficient (Wildman–Crippen LogP) is 1.54. The van der Waals surface area contributed by atoms with Gasteiger partial charge in [-0.05, 0) is 24.0 Å². The number of hydrogen-bond donors (Lipinski definition) is 2. The Bertz CT molecular complexity index is 438. The van der Waals surface area contributed by atoms with Gasteiger partial charge in [0.05, 0.1) is 0 Å². The molecule has 3 nitrogen and oxygen atoms in total. The van der Waals surface area contributed by atoms with Gasteiger partial charge >= 0.3 is 0 Å². The van der Waals surface area contributed by atoms with Gasteiger partial charge in [-0.25, -0.2) is 0 Å². The average Bonchev–Trinajstić information content (AvgIpc) is 2.96. The second-order valence-corrected chi connectivity index (χ2v) is 5.69. The van der Waals surface area contributed by atoms with Crippen molar-refractivity contribution in [2.75, 3.05) is 0 Å². The molecule has 0 aromatic heterocycles. The maximum Gasteiger partial charge on any atom is 0.238 e. The molecule has 3 N–H and O–H groups in total. The molecule has 0 bridgehead atoms. The van der Waals surface area contributed by atoms with Crippen LogP contribution < -0.4 is 11.1 Å². The van der Waals surface area contributed by atoms with Crippen molar-refractivity contribution in [2.24, 2.45) is 5.73 Å². The van der Waals surface area contributed by atoms with Gasteiger partial charge in [-0.15, -0.1) is 0 Å². The minimum absolute atomic E-state index is 0.203. The molecule has 0 unspecified atom stereocenters. The average molecular weight is 244 g/mol. The summed E-state index contributed by atoms with van der Waals surface area (Å²) in [7, 11) is 0. The van der Waals surface area contributed by atoms with Crippen molar-refractivity contribution in [3.63, 3.8) is 0 Å². The van der Waals surface area contributed by atoms with Crippen molar-refractivity contribution in [1.29, 1.82) is 0 Å². The first-order valence-corrected chi connectivity index (χ1v) is 6.84. The number of amides is 1. The lowest BCUT2D eigenvalue weighted by atomic mass is 9.93. The Morgan fingerprint density at radius 3 is 2.22 bits per heavy atom. The number of hydrogen-bond acceptors (Lipinski definition) is 2. The third kappa shape index (κ3) is 1.93. The number of rotatable bonds is 3. The van der Waals surface area contributed by atoms with Crippen LogP contribution in [0.5, 0.6) is 0 Å². The molecule has 0 atom stereocenters. The molecule has 3 rings (SSSR count). The first kappa shape index (κ1) is 11.7. The summed E-state index contributed by atoms with van der Waals surface area (Å²) in [4.78, 5) is 11.9. The Labute approximate surface area is 108 Å². The summed E-state index contributed by atoms with van der Waals surface area (Å²) in [6.07, 6.45) is 6.36. The zero-order chi connectivity index (χ0) is 12.6. The molecule has 3 heteroatoms. The number of nitrogens with two attached hydrogens (primary N) is 1. The fourth-order valence-electron chi connectivity index (χ4n) is 3.42. The van der Waals surface area contributed by atoms with Gasteiger partial charge in [-0.3, -0.25) is 10.1 Å². The number of fused-ring (bicyclic) bond motifs is 1. The highest BCUT2D eigenvalue weighted by atomic mass is 16.1. The predicted molar refractivity (Wildman–Crippen MR) is 71.2 cm³/mol. The summed E-state index contributed by atoms with van der Waals surface area (Å²) in [6.45, 7) is 0. The molecule has 0 radical (unpaired) electrons. The molecular weight excluding hydrogens is 224 g/mol. The molecule has 1 amide bonds. The van der Waals surface area contributed by atoms with Crippen LogP contribution in [0.3, 0.4) is 0 Å². The van der Waals surface area contributed by atoms with Crippen molar-refractivity contribution in [2.45, 2.75) is 50.1 Å². The summed E-state index contributed by atoms with van der Waals surface area (Å²) < 4.78 is 0. The monoisotopic (exact) mass is 244 g/mol. The van der Waals surface area contributed by atoms with Crippen molar-refractivity contribution in [3.05, 3.63) is 35.4 Å². The summed E-state index contributed by atoms with van der Waals surface area (Å²) in [6, 6.07) is 8.75. The molecule has 96 valence electrons. The van der Waals surface area contributed by atoms with E-state index in [4.69, 9.17) is 5.73 Å². The van der Waals surface area contributed by atoms with E-state index in [2.05, 4.69) is 17.4 Å². The van der Waals surface area contributed by atoms with E-state index in [9.17, 15) is 4.79 Å². The van der Waals surface area contributed by atoms with Gasteiger partial charge in [0.2, 0.25) is 5.91 Å². The number of nitrogens with one attached hydrogen (secondary N) is 1. The summed E-state index contributed by atoms with van der Waals surface area (Å²) in [5.74, 6) is -0.203. The standard InChI is InChI=1S/C15H20N2O/c16-14(18)15(17-13-7-3-4-8-13)9-11-5-1-2-6-12(11)10-15/h1-2,5-6,13,17H,3-4,7-10H2,(H2,16,18). The third-order valence-electron chi connectivity index (χ3n) is 4.41. The van der Waals surface area contributed by atoms with Gasteiger partial charge in [0.1, 0.15) is 5.54 Å². The largest absolute Gasteiger partial charge is 0.368 e. The van der Waals surface area contributed by atoms with Crippen molar-refractivity contribution < 1.29 is 4.79 Å². The maximum absolute atomic E-state index is 11.9. The second-order valence-electron chi connectivity index (χ2n) is 5.69. The van der Waals surface area contributed by atoms with Gasteiger partial charge < -0.3 is 5.73 Å². The quantitative estimate of drug-likeness (QED) is 0.847. The molecule has 1 aromatic rings. The maximum atomic E-state index is 11.9. The van der Waals surface area contributed by atoms with E-state index >= 15 is 0 Å². The molecular formula is C15H20N2O. The van der Waals surface area contributed by atoms with Gasteiger partial charge in [0.25, 0.3) is 0 Å². The first-order valence-electron chi connectivity index (χ1n) is 6.84. The zero-order valence-electron chi connectivity index (χ0n) is 10.6. The van der Waals surface area contributed by atoms with Crippen LogP contribution in [0.1, 0.15) is 36.8 Å². The van der Waals surface area contributed by atoms with Crippen LogP contribution in [-0.2, 0) is 17.6 Å². The minimum atomic E-state index is -0.543. The number of benzene rings is 1. The van der Waals surface area contributed by atoms with E-state index in [0.29, 0.717) is 6.04 Å². The lowest BCUT2D eigenvalue weighted by Gasteiger charge is -2.30. The third-order valence-corrected chi connectivity index (χ3v) is 4.41. The Morgan fingerprint density at radius 2 is 1.72 bits per heavy atom. The lowest BCUT2D eigenvalue weighted by Crippen LogP contribution is -2.59. The van der Waals surface area contributed by atoms with Crippen LogP contribution >= 0.6 is 0 Å². The number of carbonyl (C=O) groups is 1. The molecule has 0 saturated heterocycles. The fourth-order valence-corrected chi connectivity index (χ4v) is 3.42. The van der Waals surface area contributed by atoms with Crippen LogP contribution in [0.4, 0.5) is 0 Å². The highest BCUT2D eigenvalue weighted by Gasteiger charge is 2.43. The van der Waals surface area contributed by atoms with E-state index in [1.165, 1.54) is 36.8 Å². The highest BCUT2D eigenvalue weighted by molar-refractivity contribution is 5.86. The zero-order valence-corrected chi connectivity index (χ0v) is 10.6. The number of primary amides is 1. The van der Waals surface area contributed by atoms with E-state index in [0.717, 1.165) is 12.8 Å². The Balaban J connectivity index is 1.84. The van der Waals surface area contributed by atoms with Gasteiger partial charge in [0.15, 0.2) is 0 Å². The minimum Gasteiger partial charge on any atom is -0.368 e. The molecule has 2 aliphatic carbocycles. The topological polar surface area (TPSA) is 55.1 Å². The van der Waals surface area contributed by atoms with Gasteiger partial charge in [-0.1, -0.05) is 37.1 Å². The van der Waals surface area contributed by atoms with Gasteiger partial charge in [0, 0.05) is 18.9 Å². The molecule has 1 aromatic carbocycles. The normalized spacial score (nSPS) is 22.0. The van der Waals surface area contributed by atoms with E-state index in [-0.39, 0.29) is 5.91 Å². The van der Waals surface area contributed by atoms with Crippen LogP contribution in [0.2, 0.25) is 0 Å². The first-order chi connectivity index (χ1) is 8.70. The SMILES string of the molecule is NC(=O)C1(NC2CCCC2)Cc2ccccc2C1. The molecule has 2 aliphatic rings. The molecule has 0 aliphatic heterocycles. The van der Waals surface area contributed by atoms with Crippen molar-refractivity contribution in [1.82, 2.24) is 5.32 Å². The van der Waals surface area contributed by atoms with E-state index in [1.807, 2.05) is 12.1 Å². The van der Waals surface area contributed by atoms with Crippen molar-refractivity contribution in [3.8, 4) is 0 Å². The van der Waals surface area contributed by atoms with E-state index < -0.39 is 5.54 Å². The Kier molecular flexibility index (Phi) is 2.86. The van der Waals surface area contributed by atoms with Crippen LogP contribution in [0.25, 0.3) is 0 Å². The molecule has 18 heavy (non-hydrogen) atoms. The second kappa shape index (κ2) is 4.39. The lowest BCUT2D eigenvalue weighted by molar-refractivity contribution is -0.124. The summed E-state index contributed by atoms with van der Waals surface area (Å²) in [5.41, 5.74) is 7.68.